The molecule has 1 aliphatic heterocycles. The van der Waals surface area contributed by atoms with Crippen molar-refractivity contribution in [2.45, 2.75) is 6.04 Å². The van der Waals surface area contributed by atoms with Crippen molar-refractivity contribution in [1.29, 1.82) is 0 Å². The summed E-state index contributed by atoms with van der Waals surface area (Å²) < 4.78 is 16.2. The molecule has 30 heavy (non-hydrogen) atoms. The number of anilines is 1. The predicted molar refractivity (Wildman–Crippen MR) is 99.4 cm³/mol. The number of allylic oxidation sites excluding steroid dienone is 1. The van der Waals surface area contributed by atoms with Crippen LogP contribution in [-0.2, 0) is 14.3 Å². The lowest BCUT2D eigenvalue weighted by molar-refractivity contribution is -0.136. The standard InChI is InChI=1S/C19H15N5O6/c1-28-17(26)11-7-5-10(6-8-11)15-13(16(25)12-4-3-9-30-12)14(18(27)29-2)20-19-21-22-23-24(15)19/h3-9,15H,1-2H3,(H,20,21,23)/t15-/m0/s1. The molecule has 0 radical (unpaired) electrons. The van der Waals surface area contributed by atoms with Crippen LogP contribution in [0.25, 0.3) is 0 Å². The van der Waals surface area contributed by atoms with Gasteiger partial charge in [-0.25, -0.2) is 9.59 Å². The molecule has 4 rings (SSSR count). The van der Waals surface area contributed by atoms with E-state index in [0.29, 0.717) is 11.1 Å². The molecule has 1 atom stereocenters. The molecule has 1 aliphatic rings. The zero-order chi connectivity index (χ0) is 21.3. The normalized spacial score (nSPS) is 15.2. The van der Waals surface area contributed by atoms with Crippen LogP contribution in [0.1, 0.15) is 32.5 Å². The number of fused-ring (bicyclic) bond motifs is 1. The number of nitrogens with zero attached hydrogens (tertiary/aromatic N) is 4. The van der Waals surface area contributed by atoms with Crippen LogP contribution in [0.15, 0.2) is 58.3 Å². The van der Waals surface area contributed by atoms with Gasteiger partial charge in [0.25, 0.3) is 0 Å². The predicted octanol–water partition coefficient (Wildman–Crippen LogP) is 1.38. The van der Waals surface area contributed by atoms with E-state index in [9.17, 15) is 14.4 Å². The lowest BCUT2D eigenvalue weighted by Crippen LogP contribution is -2.32. The smallest absolute Gasteiger partial charge is 0.355 e. The Morgan fingerprint density at radius 3 is 2.43 bits per heavy atom. The van der Waals surface area contributed by atoms with E-state index in [-0.39, 0.29) is 23.0 Å². The molecule has 0 saturated heterocycles. The molecule has 0 saturated carbocycles. The molecule has 11 heteroatoms. The number of ketones is 1. The minimum Gasteiger partial charge on any atom is -0.465 e. The summed E-state index contributed by atoms with van der Waals surface area (Å²) in [5, 5.41) is 14.2. The van der Waals surface area contributed by atoms with Gasteiger partial charge in [-0.1, -0.05) is 17.2 Å². The second kappa shape index (κ2) is 7.62. The third-order valence-electron chi connectivity index (χ3n) is 4.54. The quantitative estimate of drug-likeness (QED) is 0.485. The Morgan fingerprint density at radius 2 is 1.80 bits per heavy atom. The van der Waals surface area contributed by atoms with Gasteiger partial charge < -0.3 is 19.2 Å². The van der Waals surface area contributed by atoms with E-state index in [0.717, 1.165) is 0 Å². The van der Waals surface area contributed by atoms with Gasteiger partial charge in [0.15, 0.2) is 5.76 Å². The number of rotatable bonds is 5. The van der Waals surface area contributed by atoms with Crippen LogP contribution in [0.3, 0.4) is 0 Å². The van der Waals surface area contributed by atoms with Crippen LogP contribution in [-0.4, -0.2) is 52.1 Å². The minimum atomic E-state index is -0.880. The van der Waals surface area contributed by atoms with Crippen molar-refractivity contribution in [3.63, 3.8) is 0 Å². The van der Waals surface area contributed by atoms with Gasteiger partial charge in [0.1, 0.15) is 11.7 Å². The van der Waals surface area contributed by atoms with E-state index >= 15 is 0 Å². The van der Waals surface area contributed by atoms with Gasteiger partial charge >= 0.3 is 11.9 Å². The molecule has 11 nitrogen and oxygen atoms in total. The average molecular weight is 409 g/mol. The molecule has 0 amide bonds. The van der Waals surface area contributed by atoms with E-state index in [1.54, 1.807) is 30.3 Å². The maximum absolute atomic E-state index is 13.3. The summed E-state index contributed by atoms with van der Waals surface area (Å²) in [4.78, 5) is 37.5. The van der Waals surface area contributed by atoms with Crippen LogP contribution in [0, 0.1) is 0 Å². The number of furan rings is 1. The zero-order valence-corrected chi connectivity index (χ0v) is 15.9. The summed E-state index contributed by atoms with van der Waals surface area (Å²) in [6.45, 7) is 0. The second-order valence-corrected chi connectivity index (χ2v) is 6.17. The highest BCUT2D eigenvalue weighted by Crippen LogP contribution is 2.36. The van der Waals surface area contributed by atoms with Crippen LogP contribution >= 0.6 is 0 Å². The topological polar surface area (TPSA) is 138 Å². The number of benzene rings is 1. The van der Waals surface area contributed by atoms with Crippen LogP contribution < -0.4 is 5.32 Å². The number of carbonyl (C=O) groups is 3. The largest absolute Gasteiger partial charge is 0.465 e. The van der Waals surface area contributed by atoms with E-state index in [2.05, 4.69) is 20.8 Å². The van der Waals surface area contributed by atoms with Gasteiger partial charge in [-0.2, -0.15) is 4.68 Å². The molecule has 0 fully saturated rings. The van der Waals surface area contributed by atoms with Gasteiger partial charge in [-0.3, -0.25) is 4.79 Å². The number of aromatic nitrogens is 4. The van der Waals surface area contributed by atoms with Gasteiger partial charge in [0, 0.05) is 0 Å². The monoisotopic (exact) mass is 409 g/mol. The molecule has 3 heterocycles. The lowest BCUT2D eigenvalue weighted by atomic mass is 9.91. The van der Waals surface area contributed by atoms with Crippen molar-refractivity contribution in [2.24, 2.45) is 0 Å². The highest BCUT2D eigenvalue weighted by Gasteiger charge is 2.39. The number of ether oxygens (including phenoxy) is 2. The first-order valence-electron chi connectivity index (χ1n) is 8.69. The SMILES string of the molecule is COC(=O)C1=C(C(=O)c2ccco2)[C@H](c2ccc(C(=O)OC)cc2)n2nnnc2N1. The van der Waals surface area contributed by atoms with Gasteiger partial charge in [0.05, 0.1) is 31.6 Å². The lowest BCUT2D eigenvalue weighted by Gasteiger charge is -2.27. The highest BCUT2D eigenvalue weighted by molar-refractivity contribution is 6.13. The maximum atomic E-state index is 13.3. The van der Waals surface area contributed by atoms with E-state index in [1.807, 2.05) is 0 Å². The van der Waals surface area contributed by atoms with Gasteiger partial charge in [0.2, 0.25) is 11.7 Å². The van der Waals surface area contributed by atoms with E-state index in [4.69, 9.17) is 13.9 Å². The summed E-state index contributed by atoms with van der Waals surface area (Å²) in [5.41, 5.74) is 0.794. The average Bonchev–Trinajstić information content (AvgIpc) is 3.48. The first-order chi connectivity index (χ1) is 14.5. The fourth-order valence-electron chi connectivity index (χ4n) is 3.16. The number of hydrogen-bond acceptors (Lipinski definition) is 10. The van der Waals surface area contributed by atoms with E-state index < -0.39 is 23.8 Å². The fraction of sp³-hybridized carbons (Fsp3) is 0.158. The highest BCUT2D eigenvalue weighted by atomic mass is 16.5. The number of esters is 2. The Balaban J connectivity index is 1.90. The fourth-order valence-corrected chi connectivity index (χ4v) is 3.16. The number of hydrogen-bond donors (Lipinski definition) is 1. The Hall–Kier alpha value is -4.28. The number of methoxy groups -OCH3 is 2. The molecule has 0 aliphatic carbocycles. The van der Waals surface area contributed by atoms with Crippen molar-refractivity contribution in [1.82, 2.24) is 20.2 Å². The molecular formula is C19H15N5O6. The number of nitrogens with one attached hydrogen (secondary N) is 1. The molecule has 3 aromatic rings. The summed E-state index contributed by atoms with van der Waals surface area (Å²) in [6, 6.07) is 8.49. The molecule has 1 N–H and O–H groups in total. The Labute approximate surface area is 169 Å². The number of carbonyl (C=O) groups excluding carboxylic acids is 3. The van der Waals surface area contributed by atoms with Crippen molar-refractivity contribution in [3.05, 3.63) is 70.8 Å². The van der Waals surface area contributed by atoms with Crippen molar-refractivity contribution in [2.75, 3.05) is 19.5 Å². The molecule has 0 bridgehead atoms. The summed E-state index contributed by atoms with van der Waals surface area (Å²) in [5.74, 6) is -1.64. The number of Topliss-reactive ketones (excluding diaryl/α,β-unsaturated/α-hetero) is 1. The summed E-state index contributed by atoms with van der Waals surface area (Å²) in [6.07, 6.45) is 1.35. The Morgan fingerprint density at radius 1 is 1.07 bits per heavy atom. The van der Waals surface area contributed by atoms with Crippen LogP contribution in [0.2, 0.25) is 0 Å². The second-order valence-electron chi connectivity index (χ2n) is 6.17. The van der Waals surface area contributed by atoms with Crippen molar-refractivity contribution >= 4 is 23.7 Å². The zero-order valence-electron chi connectivity index (χ0n) is 15.9. The Kier molecular flexibility index (Phi) is 4.84. The first-order valence-corrected chi connectivity index (χ1v) is 8.69. The third kappa shape index (κ3) is 3.11. The molecule has 0 unspecified atom stereocenters. The van der Waals surface area contributed by atoms with Crippen molar-refractivity contribution in [3.8, 4) is 0 Å². The molecule has 0 spiro atoms. The molecule has 2 aromatic heterocycles. The summed E-state index contributed by atoms with van der Waals surface area (Å²) in [7, 11) is 2.48. The molecule has 1 aromatic carbocycles. The molecular weight excluding hydrogens is 394 g/mol. The molecule has 152 valence electrons. The van der Waals surface area contributed by atoms with Gasteiger partial charge in [-0.15, -0.1) is 0 Å². The summed E-state index contributed by atoms with van der Waals surface area (Å²) >= 11 is 0. The minimum absolute atomic E-state index is 0.0286. The van der Waals surface area contributed by atoms with Crippen LogP contribution in [0.5, 0.6) is 0 Å². The maximum Gasteiger partial charge on any atom is 0.355 e. The van der Waals surface area contributed by atoms with Crippen LogP contribution in [0.4, 0.5) is 5.95 Å². The number of tetrazole rings is 1. The first kappa shape index (κ1) is 19.1. The third-order valence-corrected chi connectivity index (χ3v) is 4.54. The van der Waals surface area contributed by atoms with E-state index in [1.165, 1.54) is 31.2 Å². The van der Waals surface area contributed by atoms with Gasteiger partial charge in [-0.05, 0) is 40.3 Å². The van der Waals surface area contributed by atoms with Crippen molar-refractivity contribution < 1.29 is 28.3 Å². The Bertz CT molecular complexity index is 1150.